The lowest BCUT2D eigenvalue weighted by atomic mass is 9.80. The van der Waals surface area contributed by atoms with E-state index in [0.29, 0.717) is 19.3 Å². The number of rotatable bonds is 10. The third-order valence-electron chi connectivity index (χ3n) is 4.71. The van der Waals surface area contributed by atoms with Crippen LogP contribution in [0.25, 0.3) is 0 Å². The van der Waals surface area contributed by atoms with Crippen molar-refractivity contribution in [2.75, 3.05) is 0 Å². The van der Waals surface area contributed by atoms with E-state index in [2.05, 4.69) is 19.1 Å². The van der Waals surface area contributed by atoms with Gasteiger partial charge in [-0.3, -0.25) is 9.59 Å². The van der Waals surface area contributed by atoms with Crippen LogP contribution in [0.5, 0.6) is 0 Å². The van der Waals surface area contributed by atoms with E-state index in [9.17, 15) is 9.59 Å². The molecule has 0 spiro atoms. The van der Waals surface area contributed by atoms with E-state index in [1.165, 1.54) is 32.1 Å². The van der Waals surface area contributed by atoms with Gasteiger partial charge in [-0.2, -0.15) is 0 Å². The molecule has 0 heterocycles. The highest BCUT2D eigenvalue weighted by molar-refractivity contribution is 6.05. The highest BCUT2D eigenvalue weighted by atomic mass is 16.6. The summed E-state index contributed by atoms with van der Waals surface area (Å²) in [7, 11) is 0. The molecule has 0 amide bonds. The predicted octanol–water partition coefficient (Wildman–Crippen LogP) is 5.76. The summed E-state index contributed by atoms with van der Waals surface area (Å²) >= 11 is 0. The number of allylic oxidation sites excluding steroid dienone is 2. The van der Waals surface area contributed by atoms with Gasteiger partial charge in [0.25, 0.3) is 0 Å². The molecule has 0 N–H and O–H groups in total. The van der Waals surface area contributed by atoms with Gasteiger partial charge >= 0.3 is 5.97 Å². The summed E-state index contributed by atoms with van der Waals surface area (Å²) in [6.45, 7) is 7.80. The third-order valence-corrected chi connectivity index (χ3v) is 4.71. The molecule has 0 aliphatic heterocycles. The average molecular weight is 337 g/mol. The summed E-state index contributed by atoms with van der Waals surface area (Å²) in [5.74, 6) is -0.241. The predicted molar refractivity (Wildman–Crippen MR) is 98.9 cm³/mol. The minimum Gasteiger partial charge on any atom is -0.459 e. The first-order valence-electron chi connectivity index (χ1n) is 9.73. The van der Waals surface area contributed by atoms with Gasteiger partial charge < -0.3 is 4.74 Å². The SMILES string of the molecule is CCCCCCC/C=C/CC[C@]1(C(=O)OC(C)(C)C)CCCC1=O. The van der Waals surface area contributed by atoms with Crippen LogP contribution in [0.3, 0.4) is 0 Å². The zero-order valence-corrected chi connectivity index (χ0v) is 16.2. The van der Waals surface area contributed by atoms with E-state index in [4.69, 9.17) is 4.74 Å². The molecular formula is C21H36O3. The Morgan fingerprint density at radius 3 is 2.38 bits per heavy atom. The fourth-order valence-corrected chi connectivity index (χ4v) is 3.32. The highest BCUT2D eigenvalue weighted by Gasteiger charge is 2.49. The van der Waals surface area contributed by atoms with Gasteiger partial charge in [-0.05, 0) is 59.3 Å². The van der Waals surface area contributed by atoms with Gasteiger partial charge in [-0.1, -0.05) is 44.8 Å². The fourth-order valence-electron chi connectivity index (χ4n) is 3.32. The fraction of sp³-hybridized carbons (Fsp3) is 0.810. The lowest BCUT2D eigenvalue weighted by molar-refractivity contribution is -0.169. The Hall–Kier alpha value is -1.12. The topological polar surface area (TPSA) is 43.4 Å². The molecule has 1 aliphatic rings. The lowest BCUT2D eigenvalue weighted by Crippen LogP contribution is -2.40. The van der Waals surface area contributed by atoms with Crippen molar-refractivity contribution < 1.29 is 14.3 Å². The number of hydrogen-bond acceptors (Lipinski definition) is 3. The van der Waals surface area contributed by atoms with Crippen molar-refractivity contribution in [3.63, 3.8) is 0 Å². The van der Waals surface area contributed by atoms with Gasteiger partial charge in [0.2, 0.25) is 0 Å². The molecule has 0 unspecified atom stereocenters. The first kappa shape index (κ1) is 20.9. The zero-order chi connectivity index (χ0) is 18.1. The first-order valence-corrected chi connectivity index (χ1v) is 9.73. The van der Waals surface area contributed by atoms with E-state index in [1.54, 1.807) is 0 Å². The summed E-state index contributed by atoms with van der Waals surface area (Å²) in [4.78, 5) is 25.0. The van der Waals surface area contributed by atoms with Crippen LogP contribution < -0.4 is 0 Å². The molecular weight excluding hydrogens is 300 g/mol. The van der Waals surface area contributed by atoms with E-state index in [-0.39, 0.29) is 11.8 Å². The van der Waals surface area contributed by atoms with Crippen LogP contribution in [0.2, 0.25) is 0 Å². The Labute approximate surface area is 148 Å². The Bertz CT molecular complexity index is 431. The number of Topliss-reactive ketones (excluding diaryl/α,β-unsaturated/α-hetero) is 1. The molecule has 138 valence electrons. The molecule has 0 aromatic heterocycles. The second kappa shape index (κ2) is 10.0. The molecule has 3 nitrogen and oxygen atoms in total. The van der Waals surface area contributed by atoms with Crippen molar-refractivity contribution in [2.45, 2.75) is 104 Å². The second-order valence-corrected chi connectivity index (χ2v) is 8.07. The molecule has 0 saturated heterocycles. The van der Waals surface area contributed by atoms with Crippen molar-refractivity contribution in [2.24, 2.45) is 5.41 Å². The van der Waals surface area contributed by atoms with Crippen molar-refractivity contribution in [1.82, 2.24) is 0 Å². The van der Waals surface area contributed by atoms with E-state index in [0.717, 1.165) is 19.3 Å². The Balaban J connectivity index is 2.45. The number of carbonyl (C=O) groups is 2. The van der Waals surface area contributed by atoms with Crippen LogP contribution in [0.4, 0.5) is 0 Å². The molecule has 0 bridgehead atoms. The van der Waals surface area contributed by atoms with Crippen LogP contribution in [0.15, 0.2) is 12.2 Å². The van der Waals surface area contributed by atoms with E-state index in [1.807, 2.05) is 20.8 Å². The zero-order valence-electron chi connectivity index (χ0n) is 16.2. The first-order chi connectivity index (χ1) is 11.3. The standard InChI is InChI=1S/C21H36O3/c1-5-6-7-8-9-10-11-12-13-16-21(17-14-15-18(21)22)19(23)24-20(2,3)4/h11-12H,5-10,13-17H2,1-4H3/b12-11+/t21-/m0/s1. The Morgan fingerprint density at radius 2 is 1.79 bits per heavy atom. The maximum absolute atomic E-state index is 12.6. The minimum atomic E-state index is -0.890. The molecule has 1 fully saturated rings. The van der Waals surface area contributed by atoms with Gasteiger partial charge in [0.15, 0.2) is 0 Å². The molecule has 1 rings (SSSR count). The third kappa shape index (κ3) is 6.78. The number of esters is 1. The molecule has 0 aromatic carbocycles. The molecule has 1 saturated carbocycles. The van der Waals surface area contributed by atoms with E-state index < -0.39 is 11.0 Å². The molecule has 3 heteroatoms. The van der Waals surface area contributed by atoms with Crippen LogP contribution in [0.1, 0.15) is 98.3 Å². The number of carbonyl (C=O) groups excluding carboxylic acids is 2. The van der Waals surface area contributed by atoms with Gasteiger partial charge in [0.05, 0.1) is 0 Å². The van der Waals surface area contributed by atoms with Crippen molar-refractivity contribution in [1.29, 1.82) is 0 Å². The van der Waals surface area contributed by atoms with Crippen molar-refractivity contribution in [3.05, 3.63) is 12.2 Å². The molecule has 0 radical (unpaired) electrons. The number of ether oxygens (including phenoxy) is 1. The summed E-state index contributed by atoms with van der Waals surface area (Å²) in [6.07, 6.45) is 15.2. The molecule has 24 heavy (non-hydrogen) atoms. The maximum Gasteiger partial charge on any atom is 0.320 e. The van der Waals surface area contributed by atoms with Crippen LogP contribution in [-0.2, 0) is 14.3 Å². The van der Waals surface area contributed by atoms with Gasteiger partial charge in [0, 0.05) is 6.42 Å². The lowest BCUT2D eigenvalue weighted by Gasteiger charge is -2.29. The van der Waals surface area contributed by atoms with Crippen LogP contribution in [0, 0.1) is 5.41 Å². The van der Waals surface area contributed by atoms with Crippen molar-refractivity contribution >= 4 is 11.8 Å². The summed E-state index contributed by atoms with van der Waals surface area (Å²) < 4.78 is 5.54. The van der Waals surface area contributed by atoms with Gasteiger partial charge in [0.1, 0.15) is 16.8 Å². The summed E-state index contributed by atoms with van der Waals surface area (Å²) in [5, 5.41) is 0. The Kier molecular flexibility index (Phi) is 8.72. The largest absolute Gasteiger partial charge is 0.459 e. The quantitative estimate of drug-likeness (QED) is 0.220. The smallest absolute Gasteiger partial charge is 0.320 e. The number of unbranched alkanes of at least 4 members (excludes halogenated alkanes) is 5. The number of ketones is 1. The van der Waals surface area contributed by atoms with Gasteiger partial charge in [-0.25, -0.2) is 0 Å². The summed E-state index contributed by atoms with van der Waals surface area (Å²) in [5.41, 5.74) is -1.43. The second-order valence-electron chi connectivity index (χ2n) is 8.07. The maximum atomic E-state index is 12.6. The van der Waals surface area contributed by atoms with Crippen LogP contribution in [-0.4, -0.2) is 17.4 Å². The Morgan fingerprint density at radius 1 is 1.12 bits per heavy atom. The monoisotopic (exact) mass is 336 g/mol. The highest BCUT2D eigenvalue weighted by Crippen LogP contribution is 2.41. The molecule has 1 atom stereocenters. The van der Waals surface area contributed by atoms with Crippen molar-refractivity contribution in [3.8, 4) is 0 Å². The van der Waals surface area contributed by atoms with E-state index >= 15 is 0 Å². The van der Waals surface area contributed by atoms with Gasteiger partial charge in [-0.15, -0.1) is 0 Å². The average Bonchev–Trinajstić information content (AvgIpc) is 2.86. The normalized spacial score (nSPS) is 21.6. The summed E-state index contributed by atoms with van der Waals surface area (Å²) in [6, 6.07) is 0. The van der Waals surface area contributed by atoms with Crippen LogP contribution >= 0.6 is 0 Å². The number of hydrogen-bond donors (Lipinski definition) is 0. The molecule has 0 aromatic rings. The minimum absolute atomic E-state index is 0.0738. The molecule has 1 aliphatic carbocycles.